The van der Waals surface area contributed by atoms with Crippen molar-refractivity contribution in [2.75, 3.05) is 5.73 Å². The minimum absolute atomic E-state index is 0.394. The molecule has 0 radical (unpaired) electrons. The molecule has 0 aliphatic rings. The summed E-state index contributed by atoms with van der Waals surface area (Å²) in [5.41, 5.74) is 6.19. The highest BCUT2D eigenvalue weighted by Gasteiger charge is 1.99. The Morgan fingerprint density at radius 2 is 2.33 bits per heavy atom. The van der Waals surface area contributed by atoms with Gasteiger partial charge in [-0.1, -0.05) is 0 Å². The molecule has 2 heterocycles. The molecule has 3 N–H and O–H groups in total. The molecule has 0 spiro atoms. The Morgan fingerprint density at radius 1 is 1.58 bits per heavy atom. The summed E-state index contributed by atoms with van der Waals surface area (Å²) in [5.74, 6) is 1.18. The summed E-state index contributed by atoms with van der Waals surface area (Å²) in [6.45, 7) is 1.85. The van der Waals surface area contributed by atoms with Crippen LogP contribution in [0.4, 0.5) is 5.82 Å². The number of nitrogens with two attached hydrogens (primary N) is 1. The van der Waals surface area contributed by atoms with E-state index in [2.05, 4.69) is 15.1 Å². The first-order chi connectivity index (χ1) is 5.66. The molecule has 6 heteroatoms. The van der Waals surface area contributed by atoms with E-state index in [0.29, 0.717) is 16.2 Å². The first-order valence-electron chi connectivity index (χ1n) is 3.39. The third-order valence-corrected chi connectivity index (χ3v) is 1.75. The maximum Gasteiger partial charge on any atom is 0.222 e. The maximum atomic E-state index is 5.49. The first kappa shape index (κ1) is 7.23. The highest BCUT2D eigenvalue weighted by atomic mass is 32.1. The van der Waals surface area contributed by atoms with Crippen LogP contribution in [0.5, 0.6) is 0 Å². The average Bonchev–Trinajstić information content (AvgIpc) is 2.29. The molecule has 2 aromatic heterocycles. The van der Waals surface area contributed by atoms with Gasteiger partial charge in [-0.3, -0.25) is 5.10 Å². The van der Waals surface area contributed by atoms with Gasteiger partial charge in [0, 0.05) is 6.07 Å². The van der Waals surface area contributed by atoms with Gasteiger partial charge in [0.2, 0.25) is 4.77 Å². The predicted molar refractivity (Wildman–Crippen MR) is 47.3 cm³/mol. The molecular weight excluding hydrogens is 174 g/mol. The third-order valence-electron chi connectivity index (χ3n) is 1.48. The van der Waals surface area contributed by atoms with Crippen LogP contribution >= 0.6 is 12.2 Å². The molecule has 5 nitrogen and oxygen atoms in total. The highest BCUT2D eigenvalue weighted by molar-refractivity contribution is 7.71. The molecule has 0 aliphatic heterocycles. The van der Waals surface area contributed by atoms with Gasteiger partial charge in [-0.2, -0.15) is 0 Å². The van der Waals surface area contributed by atoms with Crippen LogP contribution in [0.3, 0.4) is 0 Å². The van der Waals surface area contributed by atoms with Crippen LogP contribution in [0, 0.1) is 11.7 Å². The fourth-order valence-electron chi connectivity index (χ4n) is 1.03. The summed E-state index contributed by atoms with van der Waals surface area (Å²) in [6.07, 6.45) is 0. The summed E-state index contributed by atoms with van der Waals surface area (Å²) in [5, 5.41) is 2.94. The fourth-order valence-corrected chi connectivity index (χ4v) is 1.28. The Morgan fingerprint density at radius 3 is 3.08 bits per heavy atom. The second-order valence-electron chi connectivity index (χ2n) is 2.47. The molecule has 0 aliphatic carbocycles. The van der Waals surface area contributed by atoms with Gasteiger partial charge in [0.25, 0.3) is 0 Å². The van der Waals surface area contributed by atoms with Crippen LogP contribution in [-0.4, -0.2) is 19.6 Å². The van der Waals surface area contributed by atoms with Crippen molar-refractivity contribution in [3.05, 3.63) is 16.7 Å². The van der Waals surface area contributed by atoms with E-state index in [0.717, 1.165) is 5.82 Å². The maximum absolute atomic E-state index is 5.49. The number of H-pyrrole nitrogens is 1. The molecule has 0 aromatic carbocycles. The number of hydrogen-bond acceptors (Lipinski definition) is 4. The van der Waals surface area contributed by atoms with Crippen LogP contribution in [-0.2, 0) is 0 Å². The smallest absolute Gasteiger partial charge is 0.222 e. The Labute approximate surface area is 73.2 Å². The molecule has 2 rings (SSSR count). The second-order valence-corrected chi connectivity index (χ2v) is 2.83. The Bertz CT molecular complexity index is 482. The number of nitrogens with one attached hydrogen (secondary N) is 1. The van der Waals surface area contributed by atoms with Crippen LogP contribution < -0.4 is 5.73 Å². The van der Waals surface area contributed by atoms with Crippen molar-refractivity contribution in [2.45, 2.75) is 6.92 Å². The number of nitrogen functional groups attached to an aromatic ring is 1. The van der Waals surface area contributed by atoms with Crippen molar-refractivity contribution in [3.8, 4) is 0 Å². The number of hydrogen-bond donors (Lipinski definition) is 2. The van der Waals surface area contributed by atoms with E-state index in [1.165, 1.54) is 0 Å². The number of fused-ring (bicyclic) bond motifs is 1. The number of nitrogens with zero attached hydrogens (tertiary/aromatic N) is 3. The van der Waals surface area contributed by atoms with E-state index in [1.807, 2.05) is 6.92 Å². The van der Waals surface area contributed by atoms with Crippen molar-refractivity contribution in [1.82, 2.24) is 19.6 Å². The van der Waals surface area contributed by atoms with Crippen molar-refractivity contribution < 1.29 is 0 Å². The fraction of sp³-hybridized carbons (Fsp3) is 0.167. The largest absolute Gasteiger partial charge is 0.383 e. The summed E-state index contributed by atoms with van der Waals surface area (Å²) < 4.78 is 2.01. The Hall–Kier alpha value is -1.43. The second kappa shape index (κ2) is 2.28. The van der Waals surface area contributed by atoms with Crippen molar-refractivity contribution in [2.24, 2.45) is 0 Å². The number of aromatic nitrogens is 4. The minimum atomic E-state index is 0.394. The van der Waals surface area contributed by atoms with Gasteiger partial charge in [0.15, 0.2) is 5.65 Å². The molecule has 0 unspecified atom stereocenters. The quantitative estimate of drug-likeness (QED) is 0.586. The van der Waals surface area contributed by atoms with E-state index >= 15 is 0 Å². The Balaban J connectivity index is 2.98. The number of aryl methyl sites for hydroxylation is 1. The van der Waals surface area contributed by atoms with Gasteiger partial charge >= 0.3 is 0 Å². The minimum Gasteiger partial charge on any atom is -0.383 e. The number of aromatic amines is 1. The molecular formula is C6H7N5S. The van der Waals surface area contributed by atoms with Crippen LogP contribution in [0.2, 0.25) is 0 Å². The normalized spacial score (nSPS) is 10.8. The molecule has 12 heavy (non-hydrogen) atoms. The molecule has 0 saturated heterocycles. The van der Waals surface area contributed by atoms with Gasteiger partial charge in [-0.15, -0.1) is 0 Å². The van der Waals surface area contributed by atoms with Gasteiger partial charge in [-0.05, 0) is 19.1 Å². The van der Waals surface area contributed by atoms with Crippen molar-refractivity contribution in [3.63, 3.8) is 0 Å². The highest BCUT2D eigenvalue weighted by Crippen LogP contribution is 2.04. The molecule has 0 atom stereocenters. The van der Waals surface area contributed by atoms with E-state index in [-0.39, 0.29) is 0 Å². The van der Waals surface area contributed by atoms with E-state index in [4.69, 9.17) is 18.0 Å². The molecule has 2 aromatic rings. The van der Waals surface area contributed by atoms with E-state index < -0.39 is 0 Å². The molecule has 0 fully saturated rings. The van der Waals surface area contributed by atoms with Crippen LogP contribution in [0.15, 0.2) is 6.07 Å². The molecule has 0 bridgehead atoms. The lowest BCUT2D eigenvalue weighted by Crippen LogP contribution is -1.97. The standard InChI is InChI=1S/C6H7N5S/c1-3-8-5-2-4(7)9-6(12)11(5)10-3/h2H,1H3,(H,8,10)(H2,7,9,12). The monoisotopic (exact) mass is 181 g/mol. The van der Waals surface area contributed by atoms with E-state index in [9.17, 15) is 0 Å². The summed E-state index contributed by atoms with van der Waals surface area (Å²) in [4.78, 5) is 8.05. The van der Waals surface area contributed by atoms with E-state index in [1.54, 1.807) is 10.6 Å². The zero-order chi connectivity index (χ0) is 8.72. The van der Waals surface area contributed by atoms with Crippen LogP contribution in [0.1, 0.15) is 5.82 Å². The SMILES string of the molecule is Cc1nc2cc(N)nc(=S)n2[nH]1. The third kappa shape index (κ3) is 0.964. The molecule has 0 amide bonds. The molecule has 62 valence electrons. The zero-order valence-corrected chi connectivity index (χ0v) is 7.22. The molecule has 0 saturated carbocycles. The lowest BCUT2D eigenvalue weighted by atomic mass is 10.6. The van der Waals surface area contributed by atoms with Gasteiger partial charge in [-0.25, -0.2) is 14.5 Å². The number of anilines is 1. The van der Waals surface area contributed by atoms with Crippen molar-refractivity contribution in [1.29, 1.82) is 0 Å². The predicted octanol–water partition coefficient (Wildman–Crippen LogP) is 0.678. The lowest BCUT2D eigenvalue weighted by Gasteiger charge is -1.92. The summed E-state index contributed by atoms with van der Waals surface area (Å²) in [7, 11) is 0. The van der Waals surface area contributed by atoms with Gasteiger partial charge in [0.05, 0.1) is 0 Å². The van der Waals surface area contributed by atoms with Crippen LogP contribution in [0.25, 0.3) is 5.65 Å². The average molecular weight is 181 g/mol. The lowest BCUT2D eigenvalue weighted by molar-refractivity contribution is 0.884. The summed E-state index contributed by atoms with van der Waals surface area (Å²) >= 11 is 4.96. The topological polar surface area (TPSA) is 72.0 Å². The first-order valence-corrected chi connectivity index (χ1v) is 3.79. The number of rotatable bonds is 0. The van der Waals surface area contributed by atoms with Gasteiger partial charge < -0.3 is 5.73 Å². The Kier molecular flexibility index (Phi) is 1.37. The van der Waals surface area contributed by atoms with Crippen molar-refractivity contribution >= 4 is 23.7 Å². The summed E-state index contributed by atoms with van der Waals surface area (Å²) in [6, 6.07) is 1.67. The zero-order valence-electron chi connectivity index (χ0n) is 6.40. The van der Waals surface area contributed by atoms with Gasteiger partial charge in [0.1, 0.15) is 11.6 Å².